The summed E-state index contributed by atoms with van der Waals surface area (Å²) in [4.78, 5) is 21.8. The molecule has 0 saturated carbocycles. The number of benzene rings is 1. The van der Waals surface area contributed by atoms with Crippen LogP contribution in [0.1, 0.15) is 42.9 Å². The SMILES string of the molecule is CC/C(=N\OCc1ccc(C)cc1)c1ccc(OCC(=O)NCC2CCOCC2)nc1. The predicted octanol–water partition coefficient (Wildman–Crippen LogP) is 3.64. The second kappa shape index (κ2) is 12.1. The highest BCUT2D eigenvalue weighted by Crippen LogP contribution is 2.14. The maximum Gasteiger partial charge on any atom is 0.258 e. The molecule has 2 heterocycles. The lowest BCUT2D eigenvalue weighted by molar-refractivity contribution is -0.123. The largest absolute Gasteiger partial charge is 0.468 e. The van der Waals surface area contributed by atoms with Crippen molar-refractivity contribution in [3.8, 4) is 5.88 Å². The molecular weight excluding hydrogens is 394 g/mol. The fourth-order valence-electron chi connectivity index (χ4n) is 3.23. The fraction of sp³-hybridized carbons (Fsp3) is 0.458. The minimum absolute atomic E-state index is 0.0516. The van der Waals surface area contributed by atoms with E-state index in [0.29, 0.717) is 31.4 Å². The zero-order valence-corrected chi connectivity index (χ0v) is 18.3. The van der Waals surface area contributed by atoms with Crippen LogP contribution in [0.4, 0.5) is 0 Å². The molecular formula is C24H31N3O4. The van der Waals surface area contributed by atoms with Crippen molar-refractivity contribution < 1.29 is 19.1 Å². The third kappa shape index (κ3) is 7.68. The van der Waals surface area contributed by atoms with E-state index >= 15 is 0 Å². The standard InChI is InChI=1S/C24H31N3O4/c1-3-22(27-31-16-20-6-4-18(2)5-7-20)21-8-9-24(26-15-21)30-17-23(28)25-14-19-10-12-29-13-11-19/h4-9,15,19H,3,10-14,16-17H2,1-2H3,(H,25,28)/b27-22+. The molecule has 1 aliphatic heterocycles. The van der Waals surface area contributed by atoms with E-state index in [1.807, 2.05) is 25.1 Å². The zero-order valence-electron chi connectivity index (χ0n) is 18.3. The number of ether oxygens (including phenoxy) is 2. The maximum absolute atomic E-state index is 12.0. The van der Waals surface area contributed by atoms with E-state index in [1.165, 1.54) is 5.56 Å². The lowest BCUT2D eigenvalue weighted by atomic mass is 10.0. The molecule has 7 heteroatoms. The van der Waals surface area contributed by atoms with Gasteiger partial charge in [-0.15, -0.1) is 0 Å². The fourth-order valence-corrected chi connectivity index (χ4v) is 3.23. The van der Waals surface area contributed by atoms with Crippen molar-refractivity contribution >= 4 is 11.6 Å². The Labute approximate surface area is 183 Å². The van der Waals surface area contributed by atoms with Gasteiger partial charge in [-0.3, -0.25) is 4.79 Å². The molecule has 0 radical (unpaired) electrons. The Balaban J connectivity index is 1.43. The summed E-state index contributed by atoms with van der Waals surface area (Å²) in [7, 11) is 0. The van der Waals surface area contributed by atoms with Crippen molar-refractivity contribution in [2.75, 3.05) is 26.4 Å². The van der Waals surface area contributed by atoms with E-state index in [0.717, 1.165) is 42.9 Å². The number of hydrogen-bond donors (Lipinski definition) is 1. The molecule has 0 aliphatic carbocycles. The number of aromatic nitrogens is 1. The Bertz CT molecular complexity index is 844. The number of carbonyl (C=O) groups is 1. The number of pyridine rings is 1. The van der Waals surface area contributed by atoms with E-state index in [-0.39, 0.29) is 12.5 Å². The molecule has 166 valence electrons. The number of oxime groups is 1. The Kier molecular flexibility index (Phi) is 8.84. The van der Waals surface area contributed by atoms with Crippen LogP contribution in [0.5, 0.6) is 5.88 Å². The second-order valence-electron chi connectivity index (χ2n) is 7.68. The van der Waals surface area contributed by atoms with E-state index in [2.05, 4.69) is 34.5 Å². The summed E-state index contributed by atoms with van der Waals surface area (Å²) in [5, 5.41) is 7.18. The Morgan fingerprint density at radius 3 is 2.65 bits per heavy atom. The predicted molar refractivity (Wildman–Crippen MR) is 119 cm³/mol. The van der Waals surface area contributed by atoms with Gasteiger partial charge < -0.3 is 19.6 Å². The van der Waals surface area contributed by atoms with Gasteiger partial charge in [0.25, 0.3) is 5.91 Å². The summed E-state index contributed by atoms with van der Waals surface area (Å²) in [6, 6.07) is 11.8. The number of hydrogen-bond acceptors (Lipinski definition) is 6. The molecule has 1 N–H and O–H groups in total. The molecule has 1 fully saturated rings. The third-order valence-corrected chi connectivity index (χ3v) is 5.21. The average Bonchev–Trinajstić information content (AvgIpc) is 2.81. The van der Waals surface area contributed by atoms with Gasteiger partial charge in [-0.25, -0.2) is 4.98 Å². The van der Waals surface area contributed by atoms with Gasteiger partial charge in [0.05, 0.1) is 5.71 Å². The van der Waals surface area contributed by atoms with Gasteiger partial charge in [-0.05, 0) is 43.7 Å². The number of nitrogens with one attached hydrogen (secondary N) is 1. The van der Waals surface area contributed by atoms with Crippen LogP contribution in [0.2, 0.25) is 0 Å². The van der Waals surface area contributed by atoms with Crippen LogP contribution >= 0.6 is 0 Å². The van der Waals surface area contributed by atoms with E-state index in [1.54, 1.807) is 12.3 Å². The highest BCUT2D eigenvalue weighted by Gasteiger charge is 2.15. The van der Waals surface area contributed by atoms with Gasteiger partial charge in [0.2, 0.25) is 5.88 Å². The summed E-state index contributed by atoms with van der Waals surface area (Å²) in [6.07, 6.45) is 4.37. The van der Waals surface area contributed by atoms with Gasteiger partial charge in [-0.1, -0.05) is 41.9 Å². The summed E-state index contributed by atoms with van der Waals surface area (Å²) in [5.74, 6) is 0.744. The van der Waals surface area contributed by atoms with Crippen molar-refractivity contribution in [1.29, 1.82) is 0 Å². The van der Waals surface area contributed by atoms with E-state index < -0.39 is 0 Å². The zero-order chi connectivity index (χ0) is 21.9. The van der Waals surface area contributed by atoms with Gasteiger partial charge in [0.1, 0.15) is 6.61 Å². The van der Waals surface area contributed by atoms with Crippen LogP contribution in [0.3, 0.4) is 0 Å². The number of nitrogens with zero attached hydrogens (tertiary/aromatic N) is 2. The smallest absolute Gasteiger partial charge is 0.258 e. The molecule has 1 saturated heterocycles. The van der Waals surface area contributed by atoms with E-state index in [9.17, 15) is 4.79 Å². The third-order valence-electron chi connectivity index (χ3n) is 5.21. The van der Waals surface area contributed by atoms with Gasteiger partial charge in [0, 0.05) is 37.6 Å². The van der Waals surface area contributed by atoms with Crippen LogP contribution < -0.4 is 10.1 Å². The van der Waals surface area contributed by atoms with Crippen molar-refractivity contribution in [1.82, 2.24) is 10.3 Å². The first kappa shape index (κ1) is 22.7. The summed E-state index contributed by atoms with van der Waals surface area (Å²) in [5.41, 5.74) is 3.96. The van der Waals surface area contributed by atoms with Crippen molar-refractivity contribution in [3.05, 3.63) is 59.3 Å². The first-order chi connectivity index (χ1) is 15.1. The number of amides is 1. The molecule has 0 bridgehead atoms. The molecule has 0 spiro atoms. The number of carbonyl (C=O) groups excluding carboxylic acids is 1. The van der Waals surface area contributed by atoms with Crippen LogP contribution in [0, 0.1) is 12.8 Å². The van der Waals surface area contributed by atoms with Crippen molar-refractivity contribution in [3.63, 3.8) is 0 Å². The Hall–Kier alpha value is -2.93. The molecule has 1 amide bonds. The van der Waals surface area contributed by atoms with Crippen LogP contribution in [-0.2, 0) is 21.0 Å². The summed E-state index contributed by atoms with van der Waals surface area (Å²) in [6.45, 7) is 6.64. The van der Waals surface area contributed by atoms with Crippen LogP contribution in [0.15, 0.2) is 47.8 Å². The minimum atomic E-state index is -0.141. The van der Waals surface area contributed by atoms with Gasteiger partial charge in [-0.2, -0.15) is 0 Å². The molecule has 1 aromatic carbocycles. The Morgan fingerprint density at radius 1 is 1.19 bits per heavy atom. The minimum Gasteiger partial charge on any atom is -0.468 e. The van der Waals surface area contributed by atoms with Crippen LogP contribution in [0.25, 0.3) is 0 Å². The summed E-state index contributed by atoms with van der Waals surface area (Å²) < 4.78 is 10.8. The summed E-state index contributed by atoms with van der Waals surface area (Å²) >= 11 is 0. The van der Waals surface area contributed by atoms with Crippen LogP contribution in [-0.4, -0.2) is 43.0 Å². The van der Waals surface area contributed by atoms with Gasteiger partial charge in [0.15, 0.2) is 6.61 Å². The molecule has 31 heavy (non-hydrogen) atoms. The molecule has 7 nitrogen and oxygen atoms in total. The molecule has 1 aromatic heterocycles. The second-order valence-corrected chi connectivity index (χ2v) is 7.68. The molecule has 3 rings (SSSR count). The first-order valence-corrected chi connectivity index (χ1v) is 10.8. The normalized spacial score (nSPS) is 14.8. The highest BCUT2D eigenvalue weighted by molar-refractivity contribution is 5.99. The van der Waals surface area contributed by atoms with E-state index in [4.69, 9.17) is 14.3 Å². The average molecular weight is 426 g/mol. The Morgan fingerprint density at radius 2 is 1.97 bits per heavy atom. The maximum atomic E-state index is 12.0. The molecule has 0 atom stereocenters. The quantitative estimate of drug-likeness (QED) is 0.464. The molecule has 1 aliphatic rings. The van der Waals surface area contributed by atoms with Gasteiger partial charge >= 0.3 is 0 Å². The first-order valence-electron chi connectivity index (χ1n) is 10.8. The van der Waals surface area contributed by atoms with Crippen molar-refractivity contribution in [2.24, 2.45) is 11.1 Å². The monoisotopic (exact) mass is 425 g/mol. The molecule has 0 unspecified atom stereocenters. The number of rotatable bonds is 10. The topological polar surface area (TPSA) is 82.0 Å². The molecule has 2 aromatic rings. The number of aryl methyl sites for hydroxylation is 1. The lowest BCUT2D eigenvalue weighted by Crippen LogP contribution is -2.35. The highest BCUT2D eigenvalue weighted by atomic mass is 16.6. The van der Waals surface area contributed by atoms with Crippen molar-refractivity contribution in [2.45, 2.75) is 39.7 Å². The lowest BCUT2D eigenvalue weighted by Gasteiger charge is -2.22.